The quantitative estimate of drug-likeness (QED) is 0.629. The van der Waals surface area contributed by atoms with Crippen molar-refractivity contribution in [2.24, 2.45) is 12.1 Å². The summed E-state index contributed by atoms with van der Waals surface area (Å²) in [5, 5.41) is 14.8. The highest BCUT2D eigenvalue weighted by Crippen LogP contribution is 2.39. The van der Waals surface area contributed by atoms with E-state index in [1.807, 2.05) is 53.7 Å². The van der Waals surface area contributed by atoms with Gasteiger partial charge in [-0.15, -0.1) is 0 Å². The first-order valence-corrected chi connectivity index (χ1v) is 9.19. The predicted molar refractivity (Wildman–Crippen MR) is 112 cm³/mol. The minimum absolute atomic E-state index is 0.187. The Bertz CT molecular complexity index is 939. The van der Waals surface area contributed by atoms with Crippen LogP contribution < -0.4 is 11.0 Å². The van der Waals surface area contributed by atoms with Gasteiger partial charge in [0.05, 0.1) is 11.8 Å². The van der Waals surface area contributed by atoms with Crippen molar-refractivity contribution in [3.63, 3.8) is 0 Å². The van der Waals surface area contributed by atoms with E-state index in [2.05, 4.69) is 10.5 Å². The topological polar surface area (TPSA) is 83.7 Å². The first kappa shape index (κ1) is 21.4. The van der Waals surface area contributed by atoms with Crippen LogP contribution in [0.5, 0.6) is 5.75 Å². The van der Waals surface area contributed by atoms with Gasteiger partial charge in [-0.2, -0.15) is 5.10 Å². The summed E-state index contributed by atoms with van der Waals surface area (Å²) in [6.07, 6.45) is 3.02. The second-order valence-electron chi connectivity index (χ2n) is 9.03. The number of carbonyl (C=O) groups excluding carboxylic acids is 1. The van der Waals surface area contributed by atoms with Gasteiger partial charge in [0.2, 0.25) is 5.56 Å². The van der Waals surface area contributed by atoms with E-state index in [-0.39, 0.29) is 16.4 Å². The molecular weight excluding hydrogens is 354 g/mol. The van der Waals surface area contributed by atoms with Crippen LogP contribution in [0.1, 0.15) is 68.6 Å². The van der Waals surface area contributed by atoms with E-state index in [1.165, 1.54) is 22.9 Å². The number of hydrogen-bond donors (Lipinski definition) is 2. The zero-order valence-corrected chi connectivity index (χ0v) is 17.6. The Hall–Kier alpha value is -2.89. The Labute approximate surface area is 165 Å². The lowest BCUT2D eigenvalue weighted by atomic mass is 9.78. The molecule has 2 rings (SSSR count). The molecule has 1 aromatic heterocycles. The summed E-state index contributed by atoms with van der Waals surface area (Å²) in [5.74, 6) is -0.107. The van der Waals surface area contributed by atoms with E-state index in [0.717, 1.165) is 16.7 Å². The van der Waals surface area contributed by atoms with Gasteiger partial charge in [-0.3, -0.25) is 9.59 Å². The molecule has 0 aliphatic rings. The van der Waals surface area contributed by atoms with Crippen LogP contribution in [0.2, 0.25) is 0 Å². The average Bonchev–Trinajstić information content (AvgIpc) is 2.56. The number of hydrogen-bond acceptors (Lipinski definition) is 4. The van der Waals surface area contributed by atoms with E-state index in [9.17, 15) is 14.7 Å². The van der Waals surface area contributed by atoms with Gasteiger partial charge in [0, 0.05) is 30.4 Å². The number of phenols is 1. The van der Waals surface area contributed by atoms with Crippen molar-refractivity contribution in [1.29, 1.82) is 0 Å². The second kappa shape index (κ2) is 7.62. The summed E-state index contributed by atoms with van der Waals surface area (Å²) in [4.78, 5) is 23.7. The zero-order valence-electron chi connectivity index (χ0n) is 17.6. The first-order valence-electron chi connectivity index (χ1n) is 9.19. The minimum atomic E-state index is -0.405. The average molecular weight is 383 g/mol. The Balaban J connectivity index is 2.33. The van der Waals surface area contributed by atoms with Crippen LogP contribution >= 0.6 is 0 Å². The number of aryl methyl sites for hydroxylation is 1. The predicted octanol–water partition coefficient (Wildman–Crippen LogP) is 3.45. The van der Waals surface area contributed by atoms with Crippen molar-refractivity contribution >= 4 is 12.1 Å². The molecule has 1 amide bonds. The number of aromatic hydroxyl groups is 1. The number of hydrazone groups is 1. The van der Waals surface area contributed by atoms with Crippen molar-refractivity contribution in [3.8, 4) is 5.75 Å². The van der Waals surface area contributed by atoms with Gasteiger partial charge in [-0.25, -0.2) is 5.43 Å². The summed E-state index contributed by atoms with van der Waals surface area (Å²) in [5.41, 5.74) is 4.58. The maximum atomic E-state index is 12.2. The Morgan fingerprint density at radius 2 is 1.61 bits per heavy atom. The molecule has 0 saturated heterocycles. The van der Waals surface area contributed by atoms with Crippen molar-refractivity contribution in [2.75, 3.05) is 0 Å². The lowest BCUT2D eigenvalue weighted by Gasteiger charge is -2.27. The number of aromatic nitrogens is 1. The smallest absolute Gasteiger partial charge is 0.272 e. The minimum Gasteiger partial charge on any atom is -0.507 e. The molecule has 2 aromatic rings. The molecule has 1 heterocycles. The summed E-state index contributed by atoms with van der Waals surface area (Å²) in [6.45, 7) is 12.2. The fraction of sp³-hybridized carbons (Fsp3) is 0.409. The number of pyridine rings is 1. The molecule has 0 bridgehead atoms. The molecule has 0 aliphatic heterocycles. The van der Waals surface area contributed by atoms with E-state index in [0.29, 0.717) is 11.3 Å². The largest absolute Gasteiger partial charge is 0.507 e. The monoisotopic (exact) mass is 383 g/mol. The van der Waals surface area contributed by atoms with E-state index in [1.54, 1.807) is 13.3 Å². The molecule has 0 radical (unpaired) electrons. The highest BCUT2D eigenvalue weighted by Gasteiger charge is 2.26. The second-order valence-corrected chi connectivity index (χ2v) is 9.03. The van der Waals surface area contributed by atoms with Gasteiger partial charge in [-0.1, -0.05) is 41.5 Å². The molecule has 6 heteroatoms. The molecule has 6 nitrogen and oxygen atoms in total. The molecule has 2 N–H and O–H groups in total. The van der Waals surface area contributed by atoms with Gasteiger partial charge >= 0.3 is 0 Å². The Morgan fingerprint density at radius 3 is 2.07 bits per heavy atom. The number of carbonyl (C=O) groups is 1. The normalized spacial score (nSPS) is 12.4. The molecule has 28 heavy (non-hydrogen) atoms. The number of nitrogens with zero attached hydrogens (tertiary/aromatic N) is 2. The molecule has 0 unspecified atom stereocenters. The fourth-order valence-electron chi connectivity index (χ4n) is 2.83. The lowest BCUT2D eigenvalue weighted by Crippen LogP contribution is -2.22. The number of nitrogens with one attached hydrogen (secondary N) is 1. The van der Waals surface area contributed by atoms with E-state index in [4.69, 9.17) is 0 Å². The lowest BCUT2D eigenvalue weighted by molar-refractivity contribution is 0.0954. The maximum Gasteiger partial charge on any atom is 0.272 e. The van der Waals surface area contributed by atoms with E-state index >= 15 is 0 Å². The number of benzene rings is 1. The molecule has 0 spiro atoms. The molecule has 150 valence electrons. The van der Waals surface area contributed by atoms with Crippen molar-refractivity contribution in [1.82, 2.24) is 9.99 Å². The van der Waals surface area contributed by atoms with Crippen LogP contribution in [-0.4, -0.2) is 21.8 Å². The Morgan fingerprint density at radius 1 is 1.07 bits per heavy atom. The van der Waals surface area contributed by atoms with Gasteiger partial charge < -0.3 is 9.67 Å². The highest BCUT2D eigenvalue weighted by atomic mass is 16.3. The third-order valence-corrected chi connectivity index (χ3v) is 4.48. The molecule has 0 aliphatic carbocycles. The van der Waals surface area contributed by atoms with Crippen LogP contribution in [0.4, 0.5) is 0 Å². The molecular formula is C22H29N3O3. The van der Waals surface area contributed by atoms with Gasteiger partial charge in [0.15, 0.2) is 0 Å². The van der Waals surface area contributed by atoms with Crippen molar-refractivity contribution in [2.45, 2.75) is 52.4 Å². The zero-order chi connectivity index (χ0) is 21.3. The van der Waals surface area contributed by atoms with Crippen LogP contribution in [0.3, 0.4) is 0 Å². The van der Waals surface area contributed by atoms with Gasteiger partial charge in [-0.05, 0) is 34.6 Å². The van der Waals surface area contributed by atoms with E-state index < -0.39 is 5.91 Å². The molecule has 1 aromatic carbocycles. The number of rotatable bonds is 3. The third kappa shape index (κ3) is 4.88. The van der Waals surface area contributed by atoms with Crippen LogP contribution in [0, 0.1) is 0 Å². The first-order chi connectivity index (χ1) is 12.8. The molecule has 0 saturated carbocycles. The summed E-state index contributed by atoms with van der Waals surface area (Å²) >= 11 is 0. The fourth-order valence-corrected chi connectivity index (χ4v) is 2.83. The maximum absolute atomic E-state index is 12.2. The van der Waals surface area contributed by atoms with Crippen molar-refractivity contribution in [3.05, 3.63) is 63.1 Å². The Kier molecular flexibility index (Phi) is 5.83. The number of amides is 1. The van der Waals surface area contributed by atoms with Crippen LogP contribution in [0.15, 0.2) is 40.4 Å². The summed E-state index contributed by atoms with van der Waals surface area (Å²) < 4.78 is 1.34. The van der Waals surface area contributed by atoms with Gasteiger partial charge in [0.1, 0.15) is 5.75 Å². The standard InChI is InChI=1S/C22H29N3O3/c1-21(2,3)16-10-14(11-17(19(16)27)22(4,5)6)12-23-24-20(28)15-8-9-18(26)25(7)13-15/h8-13,27H,1-7H3,(H,24,28)/b23-12-. The molecule has 0 fully saturated rings. The third-order valence-electron chi connectivity index (χ3n) is 4.48. The SMILES string of the molecule is Cn1cc(C(=O)N/N=C\c2cc(C(C)(C)C)c(O)c(C(C)(C)C)c2)ccc1=O. The van der Waals surface area contributed by atoms with Crippen LogP contribution in [-0.2, 0) is 17.9 Å². The number of phenolic OH excluding ortho intramolecular Hbond substituents is 1. The molecule has 0 atom stereocenters. The van der Waals surface area contributed by atoms with Crippen LogP contribution in [0.25, 0.3) is 0 Å². The summed E-state index contributed by atoms with van der Waals surface area (Å²) in [6, 6.07) is 6.56. The summed E-state index contributed by atoms with van der Waals surface area (Å²) in [7, 11) is 1.58. The highest BCUT2D eigenvalue weighted by molar-refractivity contribution is 5.94. The van der Waals surface area contributed by atoms with Crippen molar-refractivity contribution < 1.29 is 9.90 Å². The van der Waals surface area contributed by atoms with Gasteiger partial charge in [0.25, 0.3) is 5.91 Å².